The summed E-state index contributed by atoms with van der Waals surface area (Å²) in [7, 11) is 0. The highest BCUT2D eigenvalue weighted by Crippen LogP contribution is 2.30. The van der Waals surface area contributed by atoms with E-state index >= 15 is 0 Å². The van der Waals surface area contributed by atoms with Crippen molar-refractivity contribution in [1.29, 1.82) is 0 Å². The maximum atomic E-state index is 5.83. The molecule has 0 spiro atoms. The van der Waals surface area contributed by atoms with Gasteiger partial charge in [-0.3, -0.25) is 0 Å². The van der Waals surface area contributed by atoms with Crippen LogP contribution >= 0.6 is 0 Å². The molecule has 0 saturated heterocycles. The second-order valence-electron chi connectivity index (χ2n) is 5.00. The van der Waals surface area contributed by atoms with Gasteiger partial charge >= 0.3 is 0 Å². The van der Waals surface area contributed by atoms with Crippen LogP contribution in [0.25, 0.3) is 11.2 Å². The van der Waals surface area contributed by atoms with Crippen molar-refractivity contribution in [3.8, 4) is 0 Å². The Morgan fingerprint density at radius 2 is 2.06 bits per heavy atom. The summed E-state index contributed by atoms with van der Waals surface area (Å²) in [4.78, 5) is 12.7. The molecule has 5 nitrogen and oxygen atoms in total. The number of hydrogen-bond acceptors (Lipinski definition) is 4. The molecule has 0 amide bonds. The van der Waals surface area contributed by atoms with Crippen molar-refractivity contribution in [2.24, 2.45) is 0 Å². The molecule has 2 aromatic heterocycles. The molecule has 18 heavy (non-hydrogen) atoms. The van der Waals surface area contributed by atoms with Gasteiger partial charge in [0.1, 0.15) is 11.8 Å². The zero-order valence-corrected chi connectivity index (χ0v) is 11.3. The average Bonchev–Trinajstić information content (AvgIpc) is 2.82. The SMILES string of the molecule is CCCCC(C)(CC)n1cnc2c(N)ncnc21. The summed E-state index contributed by atoms with van der Waals surface area (Å²) < 4.78 is 2.15. The molecule has 2 heterocycles. The number of nitrogens with two attached hydrogens (primary N) is 1. The Kier molecular flexibility index (Phi) is 3.50. The lowest BCUT2D eigenvalue weighted by molar-refractivity contribution is 0.280. The predicted molar refractivity (Wildman–Crippen MR) is 73.2 cm³/mol. The van der Waals surface area contributed by atoms with E-state index in [-0.39, 0.29) is 5.54 Å². The van der Waals surface area contributed by atoms with Gasteiger partial charge in [-0.2, -0.15) is 0 Å². The summed E-state index contributed by atoms with van der Waals surface area (Å²) in [5.41, 5.74) is 7.41. The van der Waals surface area contributed by atoms with Crippen LogP contribution in [0, 0.1) is 0 Å². The summed E-state index contributed by atoms with van der Waals surface area (Å²) in [5.74, 6) is 0.452. The summed E-state index contributed by atoms with van der Waals surface area (Å²) >= 11 is 0. The van der Waals surface area contributed by atoms with Crippen molar-refractivity contribution in [3.05, 3.63) is 12.7 Å². The van der Waals surface area contributed by atoms with E-state index < -0.39 is 0 Å². The van der Waals surface area contributed by atoms with Crippen LogP contribution in [0.15, 0.2) is 12.7 Å². The molecule has 0 saturated carbocycles. The van der Waals surface area contributed by atoms with Gasteiger partial charge in [0.2, 0.25) is 0 Å². The van der Waals surface area contributed by atoms with E-state index in [1.54, 1.807) is 0 Å². The number of fused-ring (bicyclic) bond motifs is 1. The fourth-order valence-corrected chi connectivity index (χ4v) is 2.27. The highest BCUT2D eigenvalue weighted by atomic mass is 15.2. The highest BCUT2D eigenvalue weighted by Gasteiger charge is 2.26. The van der Waals surface area contributed by atoms with Gasteiger partial charge in [0.05, 0.1) is 6.33 Å². The van der Waals surface area contributed by atoms with Crippen molar-refractivity contribution >= 4 is 17.0 Å². The third-order valence-electron chi connectivity index (χ3n) is 3.77. The van der Waals surface area contributed by atoms with Crippen molar-refractivity contribution in [2.45, 2.75) is 52.0 Å². The second kappa shape index (κ2) is 4.92. The molecule has 98 valence electrons. The monoisotopic (exact) mass is 247 g/mol. The molecule has 0 radical (unpaired) electrons. The van der Waals surface area contributed by atoms with E-state index in [9.17, 15) is 0 Å². The van der Waals surface area contributed by atoms with Gasteiger partial charge in [0, 0.05) is 5.54 Å². The molecule has 0 aliphatic heterocycles. The first kappa shape index (κ1) is 12.8. The van der Waals surface area contributed by atoms with Gasteiger partial charge in [-0.1, -0.05) is 26.7 Å². The molecule has 2 rings (SSSR count). The molecule has 0 aliphatic carbocycles. The Balaban J connectivity index is 2.48. The number of hydrogen-bond donors (Lipinski definition) is 1. The third-order valence-corrected chi connectivity index (χ3v) is 3.77. The fraction of sp³-hybridized carbons (Fsp3) is 0.615. The van der Waals surface area contributed by atoms with Gasteiger partial charge in [0.25, 0.3) is 0 Å². The molecule has 2 aromatic rings. The summed E-state index contributed by atoms with van der Waals surface area (Å²) in [6, 6.07) is 0. The first-order valence-corrected chi connectivity index (χ1v) is 6.56. The Morgan fingerprint density at radius 3 is 2.72 bits per heavy atom. The number of nitrogen functional groups attached to an aromatic ring is 1. The Bertz CT molecular complexity index is 533. The lowest BCUT2D eigenvalue weighted by Gasteiger charge is -2.30. The zero-order valence-electron chi connectivity index (χ0n) is 11.3. The van der Waals surface area contributed by atoms with E-state index in [1.165, 1.54) is 19.2 Å². The van der Waals surface area contributed by atoms with E-state index in [0.29, 0.717) is 11.3 Å². The molecule has 0 fully saturated rings. The van der Waals surface area contributed by atoms with E-state index in [4.69, 9.17) is 5.73 Å². The topological polar surface area (TPSA) is 69.6 Å². The van der Waals surface area contributed by atoms with E-state index in [2.05, 4.69) is 40.3 Å². The predicted octanol–water partition coefficient (Wildman–Crippen LogP) is 2.72. The van der Waals surface area contributed by atoms with E-state index in [1.807, 2.05) is 6.33 Å². The van der Waals surface area contributed by atoms with Crippen molar-refractivity contribution in [2.75, 3.05) is 5.73 Å². The van der Waals surface area contributed by atoms with Crippen LogP contribution in [-0.2, 0) is 5.54 Å². The second-order valence-corrected chi connectivity index (χ2v) is 5.00. The molecule has 5 heteroatoms. The number of rotatable bonds is 5. The van der Waals surface area contributed by atoms with Crippen LogP contribution in [-0.4, -0.2) is 19.5 Å². The van der Waals surface area contributed by atoms with Gasteiger partial charge in [-0.15, -0.1) is 0 Å². The lowest BCUT2D eigenvalue weighted by Crippen LogP contribution is -2.29. The molecule has 0 aromatic carbocycles. The van der Waals surface area contributed by atoms with Gasteiger partial charge in [-0.25, -0.2) is 15.0 Å². The average molecular weight is 247 g/mol. The van der Waals surface area contributed by atoms with Gasteiger partial charge in [-0.05, 0) is 19.8 Å². The van der Waals surface area contributed by atoms with E-state index in [0.717, 1.165) is 18.5 Å². The summed E-state index contributed by atoms with van der Waals surface area (Å²) in [5, 5.41) is 0. The minimum Gasteiger partial charge on any atom is -0.382 e. The lowest BCUT2D eigenvalue weighted by atomic mass is 9.91. The zero-order chi connectivity index (χ0) is 13.2. The van der Waals surface area contributed by atoms with Crippen LogP contribution in [0.1, 0.15) is 46.5 Å². The van der Waals surface area contributed by atoms with Crippen LogP contribution in [0.2, 0.25) is 0 Å². The molecular formula is C13H21N5. The normalized spacial score (nSPS) is 14.8. The number of unbranched alkanes of at least 4 members (excludes halogenated alkanes) is 1. The number of anilines is 1. The third kappa shape index (κ3) is 2.05. The maximum absolute atomic E-state index is 5.83. The first-order chi connectivity index (χ1) is 8.62. The molecule has 1 unspecified atom stereocenters. The van der Waals surface area contributed by atoms with Gasteiger partial charge < -0.3 is 10.3 Å². The molecule has 1 atom stereocenters. The number of imidazole rings is 1. The van der Waals surface area contributed by atoms with Crippen LogP contribution in [0.3, 0.4) is 0 Å². The maximum Gasteiger partial charge on any atom is 0.165 e. The highest BCUT2D eigenvalue weighted by molar-refractivity contribution is 5.81. The smallest absolute Gasteiger partial charge is 0.165 e. The van der Waals surface area contributed by atoms with Crippen molar-refractivity contribution in [1.82, 2.24) is 19.5 Å². The Hall–Kier alpha value is -1.65. The van der Waals surface area contributed by atoms with Gasteiger partial charge in [0.15, 0.2) is 11.5 Å². The summed E-state index contributed by atoms with van der Waals surface area (Å²) in [6.45, 7) is 6.66. The van der Waals surface area contributed by atoms with Crippen LogP contribution < -0.4 is 5.73 Å². The first-order valence-electron chi connectivity index (χ1n) is 6.56. The molecule has 2 N–H and O–H groups in total. The fourth-order valence-electron chi connectivity index (χ4n) is 2.27. The molecular weight excluding hydrogens is 226 g/mol. The largest absolute Gasteiger partial charge is 0.382 e. The molecule has 0 bridgehead atoms. The number of nitrogens with zero attached hydrogens (tertiary/aromatic N) is 4. The van der Waals surface area contributed by atoms with Crippen LogP contribution in [0.5, 0.6) is 0 Å². The van der Waals surface area contributed by atoms with Crippen molar-refractivity contribution in [3.63, 3.8) is 0 Å². The van der Waals surface area contributed by atoms with Crippen LogP contribution in [0.4, 0.5) is 5.82 Å². The minimum atomic E-state index is 0.0472. The quantitative estimate of drug-likeness (QED) is 0.882. The summed E-state index contributed by atoms with van der Waals surface area (Å²) in [6.07, 6.45) is 7.91. The minimum absolute atomic E-state index is 0.0472. The Labute approximate surface area is 107 Å². The molecule has 0 aliphatic rings. The number of aromatic nitrogens is 4. The standard InChI is InChI=1S/C13H21N5/c1-4-6-7-13(3,5-2)18-9-17-10-11(14)15-8-16-12(10)18/h8-9H,4-7H2,1-3H3,(H2,14,15,16). The Morgan fingerprint density at radius 1 is 1.28 bits per heavy atom. The van der Waals surface area contributed by atoms with Crippen molar-refractivity contribution < 1.29 is 0 Å².